The molecule has 5 nitrogen and oxygen atoms in total. The topological polar surface area (TPSA) is 79.9 Å². The van der Waals surface area contributed by atoms with Crippen molar-refractivity contribution in [3.8, 4) is 0 Å². The SMILES string of the molecule is CC(COCc1ccccc1)N=C(N)NO. The number of hydroxylamine groups is 1. The van der Waals surface area contributed by atoms with Crippen molar-refractivity contribution < 1.29 is 9.94 Å². The number of nitrogens with two attached hydrogens (primary N) is 1. The second-order valence-electron chi connectivity index (χ2n) is 3.48. The number of guanidine groups is 1. The Kier molecular flexibility index (Phi) is 5.31. The molecule has 0 aliphatic rings. The zero-order chi connectivity index (χ0) is 11.8. The fourth-order valence-electron chi connectivity index (χ4n) is 1.23. The average Bonchev–Trinajstić information content (AvgIpc) is 2.30. The van der Waals surface area contributed by atoms with E-state index in [0.29, 0.717) is 13.2 Å². The molecule has 0 bridgehead atoms. The van der Waals surface area contributed by atoms with Crippen molar-refractivity contribution in [2.45, 2.75) is 19.6 Å². The first kappa shape index (κ1) is 12.5. The number of aliphatic imine (C=N–C) groups is 1. The second kappa shape index (κ2) is 6.81. The summed E-state index contributed by atoms with van der Waals surface area (Å²) in [5.74, 6) is -0.00388. The molecule has 88 valence electrons. The lowest BCUT2D eigenvalue weighted by atomic mass is 10.2. The van der Waals surface area contributed by atoms with Gasteiger partial charge in [-0.3, -0.25) is 5.21 Å². The molecular formula is C11H17N3O2. The summed E-state index contributed by atoms with van der Waals surface area (Å²) in [5, 5.41) is 8.44. The third-order valence-corrected chi connectivity index (χ3v) is 1.94. The van der Waals surface area contributed by atoms with Crippen LogP contribution in [0.2, 0.25) is 0 Å². The molecule has 1 rings (SSSR count). The maximum absolute atomic E-state index is 8.44. The summed E-state index contributed by atoms with van der Waals surface area (Å²) in [5.41, 5.74) is 8.18. The molecule has 0 radical (unpaired) electrons. The van der Waals surface area contributed by atoms with Crippen LogP contribution in [0.3, 0.4) is 0 Å². The molecule has 1 atom stereocenters. The van der Waals surface area contributed by atoms with Gasteiger partial charge in [-0.15, -0.1) is 0 Å². The highest BCUT2D eigenvalue weighted by atomic mass is 16.5. The van der Waals surface area contributed by atoms with Crippen LogP contribution in [0.4, 0.5) is 0 Å². The van der Waals surface area contributed by atoms with Gasteiger partial charge in [-0.05, 0) is 12.5 Å². The first-order chi connectivity index (χ1) is 7.72. The normalized spacial score (nSPS) is 13.5. The first-order valence-electron chi connectivity index (χ1n) is 5.07. The monoisotopic (exact) mass is 223 g/mol. The molecule has 0 heterocycles. The van der Waals surface area contributed by atoms with E-state index in [1.165, 1.54) is 0 Å². The number of nitrogens with one attached hydrogen (secondary N) is 1. The number of nitrogens with zero attached hydrogens (tertiary/aromatic N) is 1. The van der Waals surface area contributed by atoms with Crippen LogP contribution in [-0.2, 0) is 11.3 Å². The Morgan fingerprint density at radius 2 is 2.19 bits per heavy atom. The van der Waals surface area contributed by atoms with E-state index in [-0.39, 0.29) is 12.0 Å². The molecule has 0 saturated carbocycles. The highest BCUT2D eigenvalue weighted by Crippen LogP contribution is 2.01. The van der Waals surface area contributed by atoms with Crippen molar-refractivity contribution in [3.63, 3.8) is 0 Å². The lowest BCUT2D eigenvalue weighted by Gasteiger charge is -2.08. The molecule has 0 saturated heterocycles. The van der Waals surface area contributed by atoms with E-state index in [0.717, 1.165) is 5.56 Å². The maximum Gasteiger partial charge on any atom is 0.213 e. The zero-order valence-electron chi connectivity index (χ0n) is 9.26. The zero-order valence-corrected chi connectivity index (χ0v) is 9.26. The number of hydrogen-bond donors (Lipinski definition) is 3. The van der Waals surface area contributed by atoms with Crippen LogP contribution in [0.15, 0.2) is 35.3 Å². The molecule has 0 aliphatic heterocycles. The Morgan fingerprint density at radius 3 is 2.81 bits per heavy atom. The van der Waals surface area contributed by atoms with Crippen molar-refractivity contribution in [1.29, 1.82) is 0 Å². The average molecular weight is 223 g/mol. The minimum Gasteiger partial charge on any atom is -0.375 e. The summed E-state index contributed by atoms with van der Waals surface area (Å²) in [4.78, 5) is 3.93. The second-order valence-corrected chi connectivity index (χ2v) is 3.48. The minimum absolute atomic E-state index is 0.00388. The van der Waals surface area contributed by atoms with E-state index >= 15 is 0 Å². The first-order valence-corrected chi connectivity index (χ1v) is 5.07. The van der Waals surface area contributed by atoms with Crippen molar-refractivity contribution in [2.24, 2.45) is 10.7 Å². The summed E-state index contributed by atoms with van der Waals surface area (Å²) in [6.07, 6.45) is 0. The molecule has 1 unspecified atom stereocenters. The van der Waals surface area contributed by atoms with Crippen molar-refractivity contribution in [3.05, 3.63) is 35.9 Å². The molecule has 5 heteroatoms. The van der Waals surface area contributed by atoms with Gasteiger partial charge in [-0.2, -0.15) is 0 Å². The van der Waals surface area contributed by atoms with Crippen LogP contribution in [0, 0.1) is 0 Å². The van der Waals surface area contributed by atoms with Crippen molar-refractivity contribution in [2.75, 3.05) is 6.61 Å². The third kappa shape index (κ3) is 4.77. The Morgan fingerprint density at radius 1 is 1.50 bits per heavy atom. The molecule has 0 aromatic heterocycles. The largest absolute Gasteiger partial charge is 0.375 e. The summed E-state index contributed by atoms with van der Waals surface area (Å²) in [6, 6.07) is 9.80. The number of rotatable bonds is 5. The molecule has 0 aliphatic carbocycles. The lowest BCUT2D eigenvalue weighted by Crippen LogP contribution is -2.30. The van der Waals surface area contributed by atoms with Gasteiger partial charge in [0.25, 0.3) is 0 Å². The van der Waals surface area contributed by atoms with E-state index in [4.69, 9.17) is 15.7 Å². The van der Waals surface area contributed by atoms with Crippen molar-refractivity contribution >= 4 is 5.96 Å². The predicted molar refractivity (Wildman–Crippen MR) is 62.1 cm³/mol. The smallest absolute Gasteiger partial charge is 0.213 e. The van der Waals surface area contributed by atoms with Crippen LogP contribution in [0.25, 0.3) is 0 Å². The predicted octanol–water partition coefficient (Wildman–Crippen LogP) is 0.885. The molecular weight excluding hydrogens is 206 g/mol. The maximum atomic E-state index is 8.44. The van der Waals surface area contributed by atoms with Gasteiger partial charge in [-0.25, -0.2) is 10.5 Å². The standard InChI is InChI=1S/C11H17N3O2/c1-9(13-11(12)14-15)7-16-8-10-5-3-2-4-6-10/h2-6,9,15H,7-8H2,1H3,(H3,12,13,14). The van der Waals surface area contributed by atoms with Crippen LogP contribution in [-0.4, -0.2) is 23.8 Å². The molecule has 1 aromatic rings. The molecule has 0 fully saturated rings. The molecule has 0 spiro atoms. The Hall–Kier alpha value is -1.59. The van der Waals surface area contributed by atoms with Gasteiger partial charge in [0.15, 0.2) is 0 Å². The van der Waals surface area contributed by atoms with E-state index in [2.05, 4.69) is 4.99 Å². The van der Waals surface area contributed by atoms with E-state index in [1.807, 2.05) is 37.3 Å². The summed E-state index contributed by atoms with van der Waals surface area (Å²) >= 11 is 0. The van der Waals surface area contributed by atoms with Crippen LogP contribution in [0.5, 0.6) is 0 Å². The fourth-order valence-corrected chi connectivity index (χ4v) is 1.23. The van der Waals surface area contributed by atoms with Gasteiger partial charge >= 0.3 is 0 Å². The van der Waals surface area contributed by atoms with Gasteiger partial charge in [0.1, 0.15) is 0 Å². The number of benzene rings is 1. The highest BCUT2D eigenvalue weighted by molar-refractivity contribution is 5.76. The van der Waals surface area contributed by atoms with Crippen LogP contribution < -0.4 is 11.2 Å². The van der Waals surface area contributed by atoms with Gasteiger partial charge in [0.2, 0.25) is 5.96 Å². The van der Waals surface area contributed by atoms with Gasteiger partial charge in [0.05, 0.1) is 19.3 Å². The van der Waals surface area contributed by atoms with Gasteiger partial charge in [0, 0.05) is 0 Å². The molecule has 16 heavy (non-hydrogen) atoms. The van der Waals surface area contributed by atoms with E-state index in [1.54, 1.807) is 5.48 Å². The Bertz CT molecular complexity index is 327. The van der Waals surface area contributed by atoms with E-state index < -0.39 is 0 Å². The minimum atomic E-state index is -0.0941. The summed E-state index contributed by atoms with van der Waals surface area (Å²) < 4.78 is 5.45. The Balaban J connectivity index is 2.26. The third-order valence-electron chi connectivity index (χ3n) is 1.94. The molecule has 4 N–H and O–H groups in total. The lowest BCUT2D eigenvalue weighted by molar-refractivity contribution is 0.111. The van der Waals surface area contributed by atoms with Crippen LogP contribution >= 0.6 is 0 Å². The fraction of sp³-hybridized carbons (Fsp3) is 0.364. The van der Waals surface area contributed by atoms with Gasteiger partial charge in [-0.1, -0.05) is 30.3 Å². The van der Waals surface area contributed by atoms with Crippen molar-refractivity contribution in [1.82, 2.24) is 5.48 Å². The van der Waals surface area contributed by atoms with E-state index in [9.17, 15) is 0 Å². The number of hydrogen-bond acceptors (Lipinski definition) is 3. The number of ether oxygens (including phenoxy) is 1. The highest BCUT2D eigenvalue weighted by Gasteiger charge is 2.00. The summed E-state index contributed by atoms with van der Waals surface area (Å²) in [6.45, 7) is 2.86. The van der Waals surface area contributed by atoms with Gasteiger partial charge < -0.3 is 10.5 Å². The Labute approximate surface area is 94.9 Å². The molecule has 1 aromatic carbocycles. The molecule has 0 amide bonds. The van der Waals surface area contributed by atoms with Crippen LogP contribution in [0.1, 0.15) is 12.5 Å². The quantitative estimate of drug-likeness (QED) is 0.393. The summed E-state index contributed by atoms with van der Waals surface area (Å²) in [7, 11) is 0.